The number of nitrogens with zero attached hydrogens (tertiary/aromatic N) is 1. The van der Waals surface area contributed by atoms with Crippen molar-refractivity contribution in [2.24, 2.45) is 0 Å². The van der Waals surface area contributed by atoms with Gasteiger partial charge in [-0.25, -0.2) is 4.79 Å². The molecule has 1 atom stereocenters. The summed E-state index contributed by atoms with van der Waals surface area (Å²) in [7, 11) is 0. The first kappa shape index (κ1) is 10.5. The largest absolute Gasteiger partial charge is 0.480 e. The summed E-state index contributed by atoms with van der Waals surface area (Å²) in [5.74, 6) is -0.824. The molecular weight excluding hydrogens is 202 g/mol. The number of hydrogen-bond acceptors (Lipinski definition) is 1. The topological polar surface area (TPSA) is 42.2 Å². The first-order valence-electron chi connectivity index (χ1n) is 5.14. The lowest BCUT2D eigenvalue weighted by Gasteiger charge is -2.07. The van der Waals surface area contributed by atoms with E-state index in [1.165, 1.54) is 0 Å². The number of aromatic nitrogens is 1. The fourth-order valence-electron chi connectivity index (χ4n) is 1.58. The molecule has 16 heavy (non-hydrogen) atoms. The molecule has 0 fully saturated rings. The number of benzene rings is 1. The van der Waals surface area contributed by atoms with Crippen LogP contribution in [0.2, 0.25) is 0 Å². The van der Waals surface area contributed by atoms with Crippen LogP contribution in [0.1, 0.15) is 13.0 Å². The van der Waals surface area contributed by atoms with Gasteiger partial charge in [-0.05, 0) is 24.1 Å². The summed E-state index contributed by atoms with van der Waals surface area (Å²) in [4.78, 5) is 10.8. The minimum absolute atomic E-state index is 0.530. The van der Waals surface area contributed by atoms with E-state index >= 15 is 0 Å². The molecular formula is C13H13NO2. The predicted octanol–water partition coefficient (Wildman–Crippen LogP) is 2.80. The average Bonchev–Trinajstić information content (AvgIpc) is 2.78. The first-order chi connectivity index (χ1) is 7.68. The summed E-state index contributed by atoms with van der Waals surface area (Å²) < 4.78 is 1.70. The number of hydrogen-bond donors (Lipinski definition) is 1. The highest BCUT2D eigenvalue weighted by atomic mass is 16.4. The summed E-state index contributed by atoms with van der Waals surface area (Å²) in [5.41, 5.74) is 2.13. The Morgan fingerprint density at radius 2 is 1.88 bits per heavy atom. The van der Waals surface area contributed by atoms with Gasteiger partial charge in [0.05, 0.1) is 0 Å². The van der Waals surface area contributed by atoms with Gasteiger partial charge in [-0.15, -0.1) is 0 Å². The summed E-state index contributed by atoms with van der Waals surface area (Å²) in [6.45, 7) is 1.66. The molecule has 0 amide bonds. The van der Waals surface area contributed by atoms with Crippen molar-refractivity contribution in [1.29, 1.82) is 0 Å². The van der Waals surface area contributed by atoms with Crippen molar-refractivity contribution in [3.8, 4) is 11.1 Å². The molecule has 3 heteroatoms. The fourth-order valence-corrected chi connectivity index (χ4v) is 1.58. The van der Waals surface area contributed by atoms with Crippen LogP contribution in [-0.2, 0) is 4.79 Å². The van der Waals surface area contributed by atoms with E-state index in [-0.39, 0.29) is 0 Å². The average molecular weight is 215 g/mol. The molecule has 0 spiro atoms. The number of carboxylic acid groups (broad SMARTS) is 1. The van der Waals surface area contributed by atoms with Gasteiger partial charge < -0.3 is 9.67 Å². The molecule has 82 valence electrons. The molecule has 1 aromatic carbocycles. The van der Waals surface area contributed by atoms with E-state index in [0.29, 0.717) is 0 Å². The van der Waals surface area contributed by atoms with E-state index in [0.717, 1.165) is 11.1 Å². The van der Waals surface area contributed by atoms with Gasteiger partial charge in [-0.2, -0.15) is 0 Å². The second-order valence-corrected chi connectivity index (χ2v) is 3.73. The van der Waals surface area contributed by atoms with Crippen molar-refractivity contribution in [3.63, 3.8) is 0 Å². The van der Waals surface area contributed by atoms with Crippen molar-refractivity contribution in [1.82, 2.24) is 4.57 Å². The SMILES string of the molecule is C[C@@H](C(=O)O)n1ccc(-c2ccccc2)c1. The van der Waals surface area contributed by atoms with Gasteiger partial charge in [-0.3, -0.25) is 0 Å². The first-order valence-corrected chi connectivity index (χ1v) is 5.14. The number of rotatable bonds is 3. The molecule has 1 N–H and O–H groups in total. The second-order valence-electron chi connectivity index (χ2n) is 3.73. The van der Waals surface area contributed by atoms with Gasteiger partial charge in [0, 0.05) is 12.4 Å². The minimum atomic E-state index is -0.824. The molecule has 0 saturated carbocycles. The molecule has 0 unspecified atom stereocenters. The second kappa shape index (κ2) is 4.23. The highest BCUT2D eigenvalue weighted by molar-refractivity contribution is 5.72. The van der Waals surface area contributed by atoms with Gasteiger partial charge in [-0.1, -0.05) is 30.3 Å². The molecule has 0 radical (unpaired) electrons. The Kier molecular flexibility index (Phi) is 2.77. The van der Waals surface area contributed by atoms with Gasteiger partial charge in [0.1, 0.15) is 6.04 Å². The lowest BCUT2D eigenvalue weighted by atomic mass is 10.1. The van der Waals surface area contributed by atoms with Crippen LogP contribution in [0.3, 0.4) is 0 Å². The van der Waals surface area contributed by atoms with E-state index in [4.69, 9.17) is 5.11 Å². The van der Waals surface area contributed by atoms with E-state index in [1.807, 2.05) is 42.6 Å². The van der Waals surface area contributed by atoms with Crippen LogP contribution in [-0.4, -0.2) is 15.6 Å². The molecule has 0 aliphatic carbocycles. The third-order valence-electron chi connectivity index (χ3n) is 2.63. The number of carboxylic acids is 1. The molecule has 1 heterocycles. The number of aliphatic carboxylic acids is 1. The van der Waals surface area contributed by atoms with E-state index < -0.39 is 12.0 Å². The quantitative estimate of drug-likeness (QED) is 0.855. The Morgan fingerprint density at radius 3 is 2.50 bits per heavy atom. The standard InChI is InChI=1S/C13H13NO2/c1-10(13(15)16)14-8-7-12(9-14)11-5-3-2-4-6-11/h2-10H,1H3,(H,15,16)/t10-/m0/s1. The highest BCUT2D eigenvalue weighted by Gasteiger charge is 2.12. The van der Waals surface area contributed by atoms with Crippen LogP contribution in [0.4, 0.5) is 0 Å². The van der Waals surface area contributed by atoms with Gasteiger partial charge >= 0.3 is 5.97 Å². The van der Waals surface area contributed by atoms with E-state index in [2.05, 4.69) is 0 Å². The van der Waals surface area contributed by atoms with Crippen LogP contribution in [0.15, 0.2) is 48.8 Å². The fraction of sp³-hybridized carbons (Fsp3) is 0.154. The maximum absolute atomic E-state index is 10.8. The van der Waals surface area contributed by atoms with Gasteiger partial charge in [0.2, 0.25) is 0 Å². The zero-order valence-electron chi connectivity index (χ0n) is 9.00. The Hall–Kier alpha value is -2.03. The van der Waals surface area contributed by atoms with Crippen molar-refractivity contribution in [2.45, 2.75) is 13.0 Å². The maximum Gasteiger partial charge on any atom is 0.326 e. The minimum Gasteiger partial charge on any atom is -0.480 e. The number of carbonyl (C=O) groups is 1. The van der Waals surface area contributed by atoms with Crippen LogP contribution >= 0.6 is 0 Å². The van der Waals surface area contributed by atoms with Gasteiger partial charge in [0.25, 0.3) is 0 Å². The Morgan fingerprint density at radius 1 is 1.19 bits per heavy atom. The predicted molar refractivity (Wildman–Crippen MR) is 62.2 cm³/mol. The molecule has 2 aromatic rings. The molecule has 2 rings (SSSR count). The van der Waals surface area contributed by atoms with Crippen LogP contribution in [0.25, 0.3) is 11.1 Å². The van der Waals surface area contributed by atoms with E-state index in [1.54, 1.807) is 17.7 Å². The highest BCUT2D eigenvalue weighted by Crippen LogP contribution is 2.21. The third-order valence-corrected chi connectivity index (χ3v) is 2.63. The summed E-state index contributed by atoms with van der Waals surface area (Å²) in [5, 5.41) is 8.89. The molecule has 0 saturated heterocycles. The zero-order chi connectivity index (χ0) is 11.5. The third kappa shape index (κ3) is 1.98. The Labute approximate surface area is 94.0 Å². The Balaban J connectivity index is 2.30. The lowest BCUT2D eigenvalue weighted by Crippen LogP contribution is -2.13. The molecule has 3 nitrogen and oxygen atoms in total. The maximum atomic E-state index is 10.8. The molecule has 0 aliphatic heterocycles. The summed E-state index contributed by atoms with van der Waals surface area (Å²) >= 11 is 0. The normalized spacial score (nSPS) is 12.3. The monoisotopic (exact) mass is 215 g/mol. The Bertz CT molecular complexity index is 488. The van der Waals surface area contributed by atoms with Crippen LogP contribution in [0, 0.1) is 0 Å². The van der Waals surface area contributed by atoms with E-state index in [9.17, 15) is 4.79 Å². The van der Waals surface area contributed by atoms with Crippen LogP contribution in [0.5, 0.6) is 0 Å². The van der Waals surface area contributed by atoms with Crippen molar-refractivity contribution in [2.75, 3.05) is 0 Å². The molecule has 1 aromatic heterocycles. The smallest absolute Gasteiger partial charge is 0.326 e. The lowest BCUT2D eigenvalue weighted by molar-refractivity contribution is -0.140. The molecule has 0 bridgehead atoms. The van der Waals surface area contributed by atoms with Crippen molar-refractivity contribution < 1.29 is 9.90 Å². The van der Waals surface area contributed by atoms with Crippen molar-refractivity contribution in [3.05, 3.63) is 48.8 Å². The van der Waals surface area contributed by atoms with Crippen molar-refractivity contribution >= 4 is 5.97 Å². The summed E-state index contributed by atoms with van der Waals surface area (Å²) in [6.07, 6.45) is 3.65. The van der Waals surface area contributed by atoms with Gasteiger partial charge in [0.15, 0.2) is 0 Å². The molecule has 0 aliphatic rings. The summed E-state index contributed by atoms with van der Waals surface area (Å²) in [6, 6.07) is 11.3. The zero-order valence-corrected chi connectivity index (χ0v) is 9.00. The van der Waals surface area contributed by atoms with Crippen LogP contribution < -0.4 is 0 Å².